The molecule has 0 unspecified atom stereocenters. The number of carboxylic acids is 1. The first kappa shape index (κ1) is 14.3. The second-order valence-electron chi connectivity index (χ2n) is 3.94. The number of likely N-dealkylation sites (N-methyl/N-ethyl adjacent to an activating group) is 1. The summed E-state index contributed by atoms with van der Waals surface area (Å²) in [6, 6.07) is 4.57. The average Bonchev–Trinajstić information content (AvgIpc) is 2.34. The van der Waals surface area contributed by atoms with Crippen molar-refractivity contribution in [1.29, 1.82) is 0 Å². The van der Waals surface area contributed by atoms with Crippen LogP contribution < -0.4 is 10.5 Å². The molecule has 0 aliphatic rings. The quantitative estimate of drug-likeness (QED) is 0.722. The number of rotatable bonds is 7. The van der Waals surface area contributed by atoms with Crippen LogP contribution in [0.1, 0.15) is 24.2 Å². The van der Waals surface area contributed by atoms with Crippen molar-refractivity contribution in [2.75, 3.05) is 32.0 Å². The van der Waals surface area contributed by atoms with Gasteiger partial charge in [-0.2, -0.15) is 0 Å². The monoisotopic (exact) mass is 252 g/mol. The lowest BCUT2D eigenvalue weighted by molar-refractivity contribution is 0.0691. The number of hydrogen-bond donors (Lipinski definition) is 2. The maximum absolute atomic E-state index is 11.0. The minimum absolute atomic E-state index is 0.142. The molecule has 0 saturated carbocycles. The molecular formula is C13H20N2O3. The molecule has 0 fully saturated rings. The maximum atomic E-state index is 11.0. The lowest BCUT2D eigenvalue weighted by atomic mass is 10.2. The summed E-state index contributed by atoms with van der Waals surface area (Å²) in [5, 5.41) is 9.03. The first-order valence-corrected chi connectivity index (χ1v) is 6.06. The van der Waals surface area contributed by atoms with E-state index in [2.05, 4.69) is 18.7 Å². The summed E-state index contributed by atoms with van der Waals surface area (Å²) in [4.78, 5) is 13.2. The molecule has 100 valence electrons. The maximum Gasteiger partial charge on any atom is 0.339 e. The number of carboxylic acid groups (broad SMARTS) is 1. The van der Waals surface area contributed by atoms with Gasteiger partial charge in [0.05, 0.1) is 0 Å². The first-order chi connectivity index (χ1) is 8.58. The molecular weight excluding hydrogens is 232 g/mol. The van der Waals surface area contributed by atoms with E-state index < -0.39 is 5.97 Å². The number of carbonyl (C=O) groups is 1. The molecule has 0 amide bonds. The molecule has 5 heteroatoms. The molecule has 1 aromatic carbocycles. The van der Waals surface area contributed by atoms with E-state index in [1.54, 1.807) is 12.1 Å². The molecule has 0 aliphatic heterocycles. The summed E-state index contributed by atoms with van der Waals surface area (Å²) in [6.45, 7) is 7.26. The number of nitrogens with zero attached hydrogens (tertiary/aromatic N) is 1. The molecule has 0 aliphatic carbocycles. The highest BCUT2D eigenvalue weighted by Gasteiger charge is 2.11. The zero-order chi connectivity index (χ0) is 13.5. The van der Waals surface area contributed by atoms with Crippen molar-refractivity contribution in [3.05, 3.63) is 23.8 Å². The molecule has 18 heavy (non-hydrogen) atoms. The minimum Gasteiger partial charge on any atom is -0.491 e. The fourth-order valence-corrected chi connectivity index (χ4v) is 1.66. The molecule has 1 aromatic rings. The van der Waals surface area contributed by atoms with Crippen LogP contribution in [0.2, 0.25) is 0 Å². The highest BCUT2D eigenvalue weighted by molar-refractivity contribution is 5.91. The van der Waals surface area contributed by atoms with E-state index in [-0.39, 0.29) is 5.56 Å². The van der Waals surface area contributed by atoms with E-state index in [4.69, 9.17) is 15.6 Å². The molecule has 0 bridgehead atoms. The third kappa shape index (κ3) is 3.92. The number of aromatic carboxylic acids is 1. The highest BCUT2D eigenvalue weighted by Crippen LogP contribution is 2.21. The topological polar surface area (TPSA) is 75.8 Å². The van der Waals surface area contributed by atoms with E-state index >= 15 is 0 Å². The van der Waals surface area contributed by atoms with Crippen LogP contribution in [0.15, 0.2) is 18.2 Å². The van der Waals surface area contributed by atoms with Gasteiger partial charge in [0, 0.05) is 18.3 Å². The number of anilines is 1. The third-order valence-corrected chi connectivity index (χ3v) is 2.80. The van der Waals surface area contributed by atoms with Gasteiger partial charge in [-0.15, -0.1) is 0 Å². The summed E-state index contributed by atoms with van der Waals surface area (Å²) < 4.78 is 5.51. The molecule has 0 aromatic heterocycles. The van der Waals surface area contributed by atoms with Crippen LogP contribution in [-0.4, -0.2) is 42.2 Å². The van der Waals surface area contributed by atoms with Gasteiger partial charge in [-0.05, 0) is 25.2 Å². The summed E-state index contributed by atoms with van der Waals surface area (Å²) in [5.41, 5.74) is 6.27. The van der Waals surface area contributed by atoms with Gasteiger partial charge in [-0.25, -0.2) is 4.79 Å². The van der Waals surface area contributed by atoms with Crippen molar-refractivity contribution >= 4 is 11.7 Å². The number of hydrogen-bond acceptors (Lipinski definition) is 4. The SMILES string of the molecule is CCN(CC)CCOc1cc(N)ccc1C(=O)O. The van der Waals surface area contributed by atoms with Crippen molar-refractivity contribution in [1.82, 2.24) is 4.90 Å². The first-order valence-electron chi connectivity index (χ1n) is 6.06. The van der Waals surface area contributed by atoms with Crippen LogP contribution in [0.3, 0.4) is 0 Å². The Bertz CT molecular complexity index is 403. The Balaban J connectivity index is 2.66. The van der Waals surface area contributed by atoms with Gasteiger partial charge < -0.3 is 20.5 Å². The van der Waals surface area contributed by atoms with Crippen LogP contribution >= 0.6 is 0 Å². The van der Waals surface area contributed by atoms with E-state index in [0.717, 1.165) is 19.6 Å². The molecule has 0 saturated heterocycles. The minimum atomic E-state index is -1.01. The number of benzene rings is 1. The summed E-state index contributed by atoms with van der Waals surface area (Å²) in [6.07, 6.45) is 0. The van der Waals surface area contributed by atoms with Crippen LogP contribution in [0.5, 0.6) is 5.75 Å². The van der Waals surface area contributed by atoms with Gasteiger partial charge in [-0.3, -0.25) is 0 Å². The van der Waals surface area contributed by atoms with E-state index in [9.17, 15) is 4.79 Å². The molecule has 3 N–H and O–H groups in total. The fraction of sp³-hybridized carbons (Fsp3) is 0.462. The Labute approximate surface area is 107 Å². The molecule has 0 radical (unpaired) electrons. The van der Waals surface area contributed by atoms with E-state index in [1.807, 2.05) is 0 Å². The highest BCUT2D eigenvalue weighted by atomic mass is 16.5. The smallest absolute Gasteiger partial charge is 0.339 e. The molecule has 1 rings (SSSR count). The standard InChI is InChI=1S/C13H20N2O3/c1-3-15(4-2)7-8-18-12-9-10(14)5-6-11(12)13(16)17/h5-6,9H,3-4,7-8,14H2,1-2H3,(H,16,17). The molecule has 0 atom stereocenters. The predicted octanol–water partition coefficient (Wildman–Crippen LogP) is 1.69. The second kappa shape index (κ2) is 6.86. The molecule has 5 nitrogen and oxygen atoms in total. The second-order valence-corrected chi connectivity index (χ2v) is 3.94. The van der Waals surface area contributed by atoms with Crippen LogP contribution in [-0.2, 0) is 0 Å². The third-order valence-electron chi connectivity index (χ3n) is 2.80. The average molecular weight is 252 g/mol. The van der Waals surface area contributed by atoms with Crippen molar-refractivity contribution < 1.29 is 14.6 Å². The number of ether oxygens (including phenoxy) is 1. The van der Waals surface area contributed by atoms with Gasteiger partial charge in [0.1, 0.15) is 17.9 Å². The van der Waals surface area contributed by atoms with E-state index in [0.29, 0.717) is 18.0 Å². The van der Waals surface area contributed by atoms with Crippen molar-refractivity contribution in [3.8, 4) is 5.75 Å². The Kier molecular flexibility index (Phi) is 5.45. The Morgan fingerprint density at radius 2 is 2.06 bits per heavy atom. The predicted molar refractivity (Wildman–Crippen MR) is 71.1 cm³/mol. The largest absolute Gasteiger partial charge is 0.491 e. The lowest BCUT2D eigenvalue weighted by Gasteiger charge is -2.18. The summed E-state index contributed by atoms with van der Waals surface area (Å²) in [5.74, 6) is -0.678. The van der Waals surface area contributed by atoms with Gasteiger partial charge >= 0.3 is 5.97 Å². The lowest BCUT2D eigenvalue weighted by Crippen LogP contribution is -2.28. The Hall–Kier alpha value is -1.75. The van der Waals surface area contributed by atoms with Gasteiger partial charge in [0.25, 0.3) is 0 Å². The number of nitrogens with two attached hydrogens (primary N) is 1. The molecule has 0 heterocycles. The Morgan fingerprint density at radius 3 is 2.61 bits per heavy atom. The zero-order valence-electron chi connectivity index (χ0n) is 10.8. The number of nitrogen functional groups attached to an aromatic ring is 1. The summed E-state index contributed by atoms with van der Waals surface area (Å²) in [7, 11) is 0. The van der Waals surface area contributed by atoms with Gasteiger partial charge in [0.2, 0.25) is 0 Å². The normalized spacial score (nSPS) is 10.6. The van der Waals surface area contributed by atoms with Crippen LogP contribution in [0, 0.1) is 0 Å². The fourth-order valence-electron chi connectivity index (χ4n) is 1.66. The van der Waals surface area contributed by atoms with Crippen molar-refractivity contribution in [3.63, 3.8) is 0 Å². The summed E-state index contributed by atoms with van der Waals surface area (Å²) >= 11 is 0. The van der Waals surface area contributed by atoms with Crippen LogP contribution in [0.25, 0.3) is 0 Å². The zero-order valence-corrected chi connectivity index (χ0v) is 10.8. The van der Waals surface area contributed by atoms with Crippen LogP contribution in [0.4, 0.5) is 5.69 Å². The van der Waals surface area contributed by atoms with E-state index in [1.165, 1.54) is 6.07 Å². The van der Waals surface area contributed by atoms with Crippen molar-refractivity contribution in [2.24, 2.45) is 0 Å². The van der Waals surface area contributed by atoms with Gasteiger partial charge in [-0.1, -0.05) is 13.8 Å². The Morgan fingerprint density at radius 1 is 1.39 bits per heavy atom. The van der Waals surface area contributed by atoms with Gasteiger partial charge in [0.15, 0.2) is 0 Å². The van der Waals surface area contributed by atoms with Crippen molar-refractivity contribution in [2.45, 2.75) is 13.8 Å². The molecule has 0 spiro atoms.